The summed E-state index contributed by atoms with van der Waals surface area (Å²) in [5.41, 5.74) is 2.20. The Labute approximate surface area is 78.8 Å². The van der Waals surface area contributed by atoms with E-state index < -0.39 is 0 Å². The summed E-state index contributed by atoms with van der Waals surface area (Å²) in [5, 5.41) is 0. The van der Waals surface area contributed by atoms with Gasteiger partial charge < -0.3 is 0 Å². The molecule has 1 aliphatic rings. The fourth-order valence-corrected chi connectivity index (χ4v) is 2.32. The first-order chi connectivity index (χ1) is 6.25. The Morgan fingerprint density at radius 2 is 2.00 bits per heavy atom. The van der Waals surface area contributed by atoms with Crippen LogP contribution < -0.4 is 0 Å². The van der Waals surface area contributed by atoms with Gasteiger partial charge in [0.2, 0.25) is 0 Å². The van der Waals surface area contributed by atoms with Gasteiger partial charge in [0, 0.05) is 11.5 Å². The number of carbonyl (C=O) groups is 1. The predicted octanol–water partition coefficient (Wildman–Crippen LogP) is 3.01. The molecule has 0 spiro atoms. The molecule has 1 aromatic carbocycles. The highest BCUT2D eigenvalue weighted by molar-refractivity contribution is 6.02. The van der Waals surface area contributed by atoms with Crippen molar-refractivity contribution in [3.8, 4) is 0 Å². The summed E-state index contributed by atoms with van der Waals surface area (Å²) < 4.78 is 0. The molecule has 0 heterocycles. The first-order valence-electron chi connectivity index (χ1n) is 4.88. The van der Waals surface area contributed by atoms with Gasteiger partial charge >= 0.3 is 0 Å². The van der Waals surface area contributed by atoms with Crippen LogP contribution in [0, 0.1) is 5.92 Å². The van der Waals surface area contributed by atoms with Crippen molar-refractivity contribution in [1.29, 1.82) is 0 Å². The quantitative estimate of drug-likeness (QED) is 0.639. The zero-order chi connectivity index (χ0) is 9.42. The van der Waals surface area contributed by atoms with E-state index >= 15 is 0 Å². The lowest BCUT2D eigenvalue weighted by Gasteiger charge is -2.11. The van der Waals surface area contributed by atoms with Gasteiger partial charge in [-0.25, -0.2) is 0 Å². The first-order valence-corrected chi connectivity index (χ1v) is 4.88. The molecule has 0 saturated carbocycles. The van der Waals surface area contributed by atoms with Gasteiger partial charge in [0.15, 0.2) is 5.78 Å². The van der Waals surface area contributed by atoms with Crippen molar-refractivity contribution in [1.82, 2.24) is 0 Å². The summed E-state index contributed by atoms with van der Waals surface area (Å²) in [6.07, 6.45) is 1.06. The minimum Gasteiger partial charge on any atom is -0.294 e. The van der Waals surface area contributed by atoms with Crippen LogP contribution >= 0.6 is 0 Å². The number of benzene rings is 1. The summed E-state index contributed by atoms with van der Waals surface area (Å²) >= 11 is 0. The molecular weight excluding hydrogens is 160 g/mol. The molecule has 0 aromatic heterocycles. The number of carbonyl (C=O) groups excluding carboxylic acids is 1. The summed E-state index contributed by atoms with van der Waals surface area (Å²) in [6, 6.07) is 8.00. The SMILES string of the molecule is CCC1c2ccccc2C(=O)C1C. The van der Waals surface area contributed by atoms with Crippen molar-refractivity contribution in [2.24, 2.45) is 5.92 Å². The lowest BCUT2D eigenvalue weighted by atomic mass is 9.91. The lowest BCUT2D eigenvalue weighted by Crippen LogP contribution is -2.08. The third-order valence-electron chi connectivity index (χ3n) is 3.08. The van der Waals surface area contributed by atoms with Gasteiger partial charge in [-0.3, -0.25) is 4.79 Å². The number of rotatable bonds is 1. The fourth-order valence-electron chi connectivity index (χ4n) is 2.32. The molecule has 2 rings (SSSR count). The molecule has 0 fully saturated rings. The maximum Gasteiger partial charge on any atom is 0.166 e. The normalized spacial score (nSPS) is 26.2. The van der Waals surface area contributed by atoms with Crippen molar-refractivity contribution in [3.05, 3.63) is 35.4 Å². The van der Waals surface area contributed by atoms with Crippen molar-refractivity contribution in [2.75, 3.05) is 0 Å². The van der Waals surface area contributed by atoms with Crippen LogP contribution in [0.15, 0.2) is 24.3 Å². The highest BCUT2D eigenvalue weighted by atomic mass is 16.1. The smallest absolute Gasteiger partial charge is 0.166 e. The van der Waals surface area contributed by atoms with E-state index in [4.69, 9.17) is 0 Å². The van der Waals surface area contributed by atoms with Gasteiger partial charge in [-0.1, -0.05) is 38.1 Å². The van der Waals surface area contributed by atoms with E-state index in [0.29, 0.717) is 11.7 Å². The number of hydrogen-bond acceptors (Lipinski definition) is 1. The molecule has 1 aliphatic carbocycles. The topological polar surface area (TPSA) is 17.1 Å². The molecule has 1 heteroatoms. The van der Waals surface area contributed by atoms with Crippen molar-refractivity contribution in [2.45, 2.75) is 26.2 Å². The van der Waals surface area contributed by atoms with Crippen LogP contribution in [0.2, 0.25) is 0 Å². The van der Waals surface area contributed by atoms with E-state index in [-0.39, 0.29) is 5.92 Å². The minimum absolute atomic E-state index is 0.183. The van der Waals surface area contributed by atoms with Crippen LogP contribution in [-0.4, -0.2) is 5.78 Å². The van der Waals surface area contributed by atoms with Gasteiger partial charge in [0.1, 0.15) is 0 Å². The van der Waals surface area contributed by atoms with Crippen LogP contribution in [0.4, 0.5) is 0 Å². The van der Waals surface area contributed by atoms with Gasteiger partial charge in [-0.2, -0.15) is 0 Å². The van der Waals surface area contributed by atoms with Crippen LogP contribution in [0.1, 0.15) is 42.1 Å². The average Bonchev–Trinajstić information content (AvgIpc) is 2.41. The fraction of sp³-hybridized carbons (Fsp3) is 0.417. The van der Waals surface area contributed by atoms with E-state index in [9.17, 15) is 4.79 Å². The van der Waals surface area contributed by atoms with Crippen LogP contribution in [-0.2, 0) is 0 Å². The summed E-state index contributed by atoms with van der Waals surface area (Å²) in [5.74, 6) is 0.952. The number of hydrogen-bond donors (Lipinski definition) is 0. The molecular formula is C12H14O. The summed E-state index contributed by atoms with van der Waals surface area (Å²) in [4.78, 5) is 11.8. The molecule has 2 unspecified atom stereocenters. The Kier molecular flexibility index (Phi) is 1.95. The zero-order valence-electron chi connectivity index (χ0n) is 8.08. The molecule has 0 N–H and O–H groups in total. The molecule has 0 aliphatic heterocycles. The van der Waals surface area contributed by atoms with E-state index in [0.717, 1.165) is 12.0 Å². The highest BCUT2D eigenvalue weighted by Gasteiger charge is 2.34. The monoisotopic (exact) mass is 174 g/mol. The van der Waals surface area contributed by atoms with Crippen LogP contribution in [0.5, 0.6) is 0 Å². The molecule has 2 atom stereocenters. The molecule has 13 heavy (non-hydrogen) atoms. The molecule has 0 radical (unpaired) electrons. The third-order valence-corrected chi connectivity index (χ3v) is 3.08. The van der Waals surface area contributed by atoms with Gasteiger partial charge in [-0.05, 0) is 17.9 Å². The second-order valence-corrected chi connectivity index (χ2v) is 3.75. The maximum atomic E-state index is 11.8. The second-order valence-electron chi connectivity index (χ2n) is 3.75. The molecule has 0 amide bonds. The van der Waals surface area contributed by atoms with Crippen molar-refractivity contribution in [3.63, 3.8) is 0 Å². The largest absolute Gasteiger partial charge is 0.294 e. The van der Waals surface area contributed by atoms with E-state index in [1.807, 2.05) is 25.1 Å². The molecule has 68 valence electrons. The summed E-state index contributed by atoms with van der Waals surface area (Å²) in [7, 11) is 0. The van der Waals surface area contributed by atoms with Crippen molar-refractivity contribution >= 4 is 5.78 Å². The highest BCUT2D eigenvalue weighted by Crippen LogP contribution is 2.39. The molecule has 0 bridgehead atoms. The Hall–Kier alpha value is -1.11. The molecule has 0 saturated heterocycles. The standard InChI is InChI=1S/C12H14O/c1-3-9-8(2)12(13)11-7-5-4-6-10(9)11/h4-9H,3H2,1-2H3. The average molecular weight is 174 g/mol. The van der Waals surface area contributed by atoms with Gasteiger partial charge in [-0.15, -0.1) is 0 Å². The number of Topliss-reactive ketones (excluding diaryl/α,β-unsaturated/α-hetero) is 1. The Morgan fingerprint density at radius 3 is 2.69 bits per heavy atom. The Balaban J connectivity index is 2.53. The lowest BCUT2D eigenvalue weighted by molar-refractivity contribution is 0.0933. The van der Waals surface area contributed by atoms with E-state index in [2.05, 4.69) is 13.0 Å². The number of fused-ring (bicyclic) bond motifs is 1. The first kappa shape index (κ1) is 8.49. The maximum absolute atomic E-state index is 11.8. The van der Waals surface area contributed by atoms with E-state index in [1.54, 1.807) is 0 Å². The van der Waals surface area contributed by atoms with Gasteiger partial charge in [0.25, 0.3) is 0 Å². The number of ketones is 1. The van der Waals surface area contributed by atoms with Crippen LogP contribution in [0.3, 0.4) is 0 Å². The predicted molar refractivity (Wildman–Crippen MR) is 53.0 cm³/mol. The molecule has 1 nitrogen and oxygen atoms in total. The Bertz CT molecular complexity index is 341. The summed E-state index contributed by atoms with van der Waals surface area (Å²) in [6.45, 7) is 4.19. The zero-order valence-corrected chi connectivity index (χ0v) is 8.08. The minimum atomic E-state index is 0.183. The molecule has 1 aromatic rings. The van der Waals surface area contributed by atoms with E-state index in [1.165, 1.54) is 5.56 Å². The Morgan fingerprint density at radius 1 is 1.31 bits per heavy atom. The van der Waals surface area contributed by atoms with Gasteiger partial charge in [0.05, 0.1) is 0 Å². The third kappa shape index (κ3) is 1.11. The van der Waals surface area contributed by atoms with Crippen molar-refractivity contribution < 1.29 is 4.79 Å². The second kappa shape index (κ2) is 2.99. The van der Waals surface area contributed by atoms with Crippen LogP contribution in [0.25, 0.3) is 0 Å².